The molecule has 31 heavy (non-hydrogen) atoms. The summed E-state index contributed by atoms with van der Waals surface area (Å²) in [5, 5.41) is 6.40. The number of guanidine groups is 1. The van der Waals surface area contributed by atoms with Crippen LogP contribution in [0.3, 0.4) is 0 Å². The minimum absolute atomic E-state index is 0. The van der Waals surface area contributed by atoms with Crippen LogP contribution in [0.4, 0.5) is 5.69 Å². The van der Waals surface area contributed by atoms with E-state index >= 15 is 0 Å². The number of halogens is 1. The normalized spacial score (nSPS) is 18.2. The number of aliphatic imine (C=N–C) groups is 1. The average molecular weight is 534 g/mol. The minimum Gasteiger partial charge on any atom is -0.368 e. The van der Waals surface area contributed by atoms with E-state index < -0.39 is 0 Å². The monoisotopic (exact) mass is 534 g/mol. The molecule has 0 saturated carbocycles. The first kappa shape index (κ1) is 23.5. The second-order valence-electron chi connectivity index (χ2n) is 7.80. The van der Waals surface area contributed by atoms with Gasteiger partial charge in [-0.1, -0.05) is 36.4 Å². The van der Waals surface area contributed by atoms with Crippen molar-refractivity contribution in [3.63, 3.8) is 0 Å². The minimum atomic E-state index is -0.325. The molecule has 166 valence electrons. The lowest BCUT2D eigenvalue weighted by atomic mass is 10.0. The van der Waals surface area contributed by atoms with E-state index in [0.29, 0.717) is 13.2 Å². The molecule has 0 spiro atoms. The molecule has 4 rings (SSSR count). The van der Waals surface area contributed by atoms with Crippen LogP contribution in [-0.2, 0) is 29.0 Å². The highest BCUT2D eigenvalue weighted by molar-refractivity contribution is 14.0. The smallest absolute Gasteiger partial charge is 0.253 e. The maximum Gasteiger partial charge on any atom is 0.253 e. The Labute approximate surface area is 201 Å². The number of rotatable bonds is 5. The second kappa shape index (κ2) is 11.5. The van der Waals surface area contributed by atoms with Crippen molar-refractivity contribution in [2.75, 3.05) is 25.0 Å². The molecule has 0 radical (unpaired) electrons. The van der Waals surface area contributed by atoms with Gasteiger partial charge in [0.15, 0.2) is 5.96 Å². The summed E-state index contributed by atoms with van der Waals surface area (Å²) < 4.78 is 5.47. The number of nitrogens with zero attached hydrogens (tertiary/aromatic N) is 2. The van der Waals surface area contributed by atoms with Crippen molar-refractivity contribution >= 4 is 41.5 Å². The molecule has 2 aromatic carbocycles. The summed E-state index contributed by atoms with van der Waals surface area (Å²) in [5.74, 6) is 0.870. The Morgan fingerprint density at radius 3 is 2.81 bits per heavy atom. The van der Waals surface area contributed by atoms with Gasteiger partial charge in [0.05, 0.1) is 6.54 Å². The third-order valence-electron chi connectivity index (χ3n) is 5.59. The van der Waals surface area contributed by atoms with Gasteiger partial charge >= 0.3 is 0 Å². The number of hydrogen-bond acceptors (Lipinski definition) is 3. The lowest BCUT2D eigenvalue weighted by Crippen LogP contribution is -2.44. The number of anilines is 1. The van der Waals surface area contributed by atoms with Crippen LogP contribution in [-0.4, -0.2) is 42.6 Å². The number of hydrogen-bond donors (Lipinski definition) is 2. The van der Waals surface area contributed by atoms with Crippen LogP contribution < -0.4 is 10.6 Å². The molecule has 1 unspecified atom stereocenters. The Kier molecular flexibility index (Phi) is 8.71. The first-order chi connectivity index (χ1) is 14.7. The van der Waals surface area contributed by atoms with Crippen LogP contribution in [0.5, 0.6) is 0 Å². The molecule has 6 nitrogen and oxygen atoms in total. The van der Waals surface area contributed by atoms with Gasteiger partial charge in [0.25, 0.3) is 5.91 Å². The molecule has 2 aliphatic heterocycles. The van der Waals surface area contributed by atoms with Crippen molar-refractivity contribution in [2.24, 2.45) is 4.99 Å². The van der Waals surface area contributed by atoms with E-state index in [2.05, 4.69) is 46.7 Å². The summed E-state index contributed by atoms with van der Waals surface area (Å²) in [6.07, 6.45) is 2.45. The fourth-order valence-electron chi connectivity index (χ4n) is 4.02. The summed E-state index contributed by atoms with van der Waals surface area (Å²) in [6.45, 7) is 5.98. The Hall–Kier alpha value is -2.13. The summed E-state index contributed by atoms with van der Waals surface area (Å²) in [5.41, 5.74) is 4.65. The summed E-state index contributed by atoms with van der Waals surface area (Å²) in [4.78, 5) is 19.5. The van der Waals surface area contributed by atoms with Gasteiger partial charge in [0, 0.05) is 31.9 Å². The lowest BCUT2D eigenvalue weighted by molar-refractivity contribution is -0.124. The fourth-order valence-corrected chi connectivity index (χ4v) is 4.02. The first-order valence-corrected chi connectivity index (χ1v) is 10.8. The fraction of sp³-hybridized carbons (Fsp3) is 0.417. The van der Waals surface area contributed by atoms with Gasteiger partial charge in [0.2, 0.25) is 0 Å². The molecule has 2 aliphatic rings. The summed E-state index contributed by atoms with van der Waals surface area (Å²) in [6, 6.07) is 16.5. The maximum absolute atomic E-state index is 12.3. The van der Waals surface area contributed by atoms with Crippen molar-refractivity contribution < 1.29 is 9.53 Å². The number of amides is 1. The summed E-state index contributed by atoms with van der Waals surface area (Å²) >= 11 is 0. The molecule has 1 saturated heterocycles. The van der Waals surface area contributed by atoms with Gasteiger partial charge in [-0.05, 0) is 55.0 Å². The third kappa shape index (κ3) is 6.20. The largest absolute Gasteiger partial charge is 0.368 e. The number of nitrogens with one attached hydrogen (secondary N) is 2. The van der Waals surface area contributed by atoms with Crippen LogP contribution in [0.2, 0.25) is 0 Å². The number of fused-ring (bicyclic) bond motifs is 1. The van der Waals surface area contributed by atoms with Crippen LogP contribution >= 0.6 is 24.0 Å². The number of benzene rings is 2. The van der Waals surface area contributed by atoms with E-state index in [1.165, 1.54) is 11.1 Å². The predicted molar refractivity (Wildman–Crippen MR) is 135 cm³/mol. The Morgan fingerprint density at radius 1 is 1.19 bits per heavy atom. The Bertz CT molecular complexity index is 912. The second-order valence-corrected chi connectivity index (χ2v) is 7.80. The van der Waals surface area contributed by atoms with E-state index in [0.717, 1.165) is 56.1 Å². The highest BCUT2D eigenvalue weighted by atomic mass is 127. The molecular formula is C24H31IN4O2. The highest BCUT2D eigenvalue weighted by Crippen LogP contribution is 2.19. The van der Waals surface area contributed by atoms with Crippen molar-refractivity contribution in [3.8, 4) is 0 Å². The van der Waals surface area contributed by atoms with Gasteiger partial charge in [-0.15, -0.1) is 24.0 Å². The predicted octanol–water partition coefficient (Wildman–Crippen LogP) is 3.95. The maximum atomic E-state index is 12.3. The molecule has 1 fully saturated rings. The van der Waals surface area contributed by atoms with Crippen molar-refractivity contribution in [3.05, 3.63) is 65.2 Å². The van der Waals surface area contributed by atoms with Crippen molar-refractivity contribution in [1.29, 1.82) is 0 Å². The highest BCUT2D eigenvalue weighted by Gasteiger charge is 2.23. The first-order valence-electron chi connectivity index (χ1n) is 10.8. The SMILES string of the molecule is CCNC(=NCc1cccc(NC(=O)C2CCCO2)c1)N1CCc2ccccc2C1.I. The van der Waals surface area contributed by atoms with Crippen molar-refractivity contribution in [2.45, 2.75) is 45.4 Å². The Balaban J connectivity index is 0.00000272. The number of carbonyl (C=O) groups excluding carboxylic acids is 1. The van der Waals surface area contributed by atoms with E-state index in [1.54, 1.807) is 0 Å². The third-order valence-corrected chi connectivity index (χ3v) is 5.59. The van der Waals surface area contributed by atoms with Crippen LogP contribution in [0, 0.1) is 0 Å². The van der Waals surface area contributed by atoms with Crippen LogP contribution in [0.1, 0.15) is 36.5 Å². The standard InChI is InChI=1S/C24H30N4O2.HI/c1-2-25-24(28-13-12-19-8-3-4-9-20(19)17-28)26-16-18-7-5-10-21(15-18)27-23(29)22-11-6-14-30-22;/h3-5,7-10,15,22H,2,6,11-14,16-17H2,1H3,(H,25,26)(H,27,29);1H. The van der Waals surface area contributed by atoms with E-state index in [1.807, 2.05) is 24.3 Å². The molecular weight excluding hydrogens is 503 g/mol. The van der Waals surface area contributed by atoms with E-state index in [9.17, 15) is 4.79 Å². The summed E-state index contributed by atoms with van der Waals surface area (Å²) in [7, 11) is 0. The molecule has 2 N–H and O–H groups in total. The van der Waals surface area contributed by atoms with E-state index in [4.69, 9.17) is 9.73 Å². The zero-order chi connectivity index (χ0) is 20.8. The zero-order valence-corrected chi connectivity index (χ0v) is 20.3. The van der Waals surface area contributed by atoms with E-state index in [-0.39, 0.29) is 36.0 Å². The molecule has 2 heterocycles. The molecule has 0 aliphatic carbocycles. The molecule has 7 heteroatoms. The van der Waals surface area contributed by atoms with Crippen LogP contribution in [0.15, 0.2) is 53.5 Å². The molecule has 0 bridgehead atoms. The Morgan fingerprint density at radius 2 is 2.03 bits per heavy atom. The van der Waals surface area contributed by atoms with Gasteiger partial charge in [0.1, 0.15) is 6.10 Å². The number of ether oxygens (including phenoxy) is 1. The van der Waals surface area contributed by atoms with Gasteiger partial charge in [-0.3, -0.25) is 4.79 Å². The van der Waals surface area contributed by atoms with Gasteiger partial charge in [-0.2, -0.15) is 0 Å². The quantitative estimate of drug-likeness (QED) is 0.347. The number of carbonyl (C=O) groups is 1. The molecule has 0 aromatic heterocycles. The zero-order valence-electron chi connectivity index (χ0n) is 18.0. The molecule has 1 amide bonds. The molecule has 2 aromatic rings. The topological polar surface area (TPSA) is 66.0 Å². The van der Waals surface area contributed by atoms with Gasteiger partial charge < -0.3 is 20.3 Å². The average Bonchev–Trinajstić information content (AvgIpc) is 3.32. The molecule has 1 atom stereocenters. The van der Waals surface area contributed by atoms with Gasteiger partial charge in [-0.25, -0.2) is 4.99 Å². The van der Waals surface area contributed by atoms with Crippen LogP contribution in [0.25, 0.3) is 0 Å². The lowest BCUT2D eigenvalue weighted by Gasteiger charge is -2.31. The van der Waals surface area contributed by atoms with Crippen molar-refractivity contribution in [1.82, 2.24) is 10.2 Å².